The lowest BCUT2D eigenvalue weighted by molar-refractivity contribution is -0.206. The van der Waals surface area contributed by atoms with Crippen molar-refractivity contribution in [3.8, 4) is 0 Å². The molecule has 5 heteroatoms. The zero-order valence-corrected chi connectivity index (χ0v) is 7.34. The highest BCUT2D eigenvalue weighted by Gasteiger charge is 2.42. The number of hydrogen-bond acceptors (Lipinski definition) is 3. The standard InChI is InChI=1S/C6H10O2.CHClO2/c1-2-6(3-1)7-4-5-8-6;2-1(3)4/h1-5H2;(H,3,4). The molecular weight excluding hydrogens is 184 g/mol. The number of rotatable bonds is 0. The van der Waals surface area contributed by atoms with Gasteiger partial charge >= 0.3 is 5.43 Å². The van der Waals surface area contributed by atoms with E-state index in [9.17, 15) is 0 Å². The number of halogens is 1. The molecule has 0 aromatic carbocycles. The van der Waals surface area contributed by atoms with E-state index in [1.807, 2.05) is 0 Å². The van der Waals surface area contributed by atoms with Crippen LogP contribution in [-0.4, -0.2) is 29.5 Å². The second kappa shape index (κ2) is 4.07. The van der Waals surface area contributed by atoms with Crippen LogP contribution in [0, 0.1) is 0 Å². The van der Waals surface area contributed by atoms with Crippen molar-refractivity contribution in [1.29, 1.82) is 0 Å². The quantitative estimate of drug-likeness (QED) is 0.598. The number of ether oxygens (including phenoxy) is 2. The van der Waals surface area contributed by atoms with Gasteiger partial charge in [-0.3, -0.25) is 0 Å². The highest BCUT2D eigenvalue weighted by Crippen LogP contribution is 2.39. The maximum atomic E-state index is 8.77. The fourth-order valence-electron chi connectivity index (χ4n) is 1.25. The first-order chi connectivity index (χ1) is 5.65. The molecule has 70 valence electrons. The van der Waals surface area contributed by atoms with Crippen molar-refractivity contribution >= 4 is 17.0 Å². The molecule has 1 aliphatic carbocycles. The third kappa shape index (κ3) is 2.62. The van der Waals surface area contributed by atoms with Crippen LogP contribution < -0.4 is 0 Å². The molecular formula is C7H11ClO4. The Morgan fingerprint density at radius 3 is 1.92 bits per heavy atom. The van der Waals surface area contributed by atoms with E-state index < -0.39 is 5.43 Å². The minimum absolute atomic E-state index is 0.0833. The Morgan fingerprint density at radius 1 is 1.33 bits per heavy atom. The Morgan fingerprint density at radius 2 is 1.75 bits per heavy atom. The van der Waals surface area contributed by atoms with E-state index in [4.69, 9.17) is 19.4 Å². The average Bonchev–Trinajstić information content (AvgIpc) is 2.30. The summed E-state index contributed by atoms with van der Waals surface area (Å²) >= 11 is 4.19. The lowest BCUT2D eigenvalue weighted by Gasteiger charge is -2.35. The van der Waals surface area contributed by atoms with Crippen LogP contribution in [0.15, 0.2) is 0 Å². The zero-order valence-electron chi connectivity index (χ0n) is 6.59. The predicted molar refractivity (Wildman–Crippen MR) is 42.4 cm³/mol. The minimum atomic E-state index is -1.36. The summed E-state index contributed by atoms with van der Waals surface area (Å²) in [7, 11) is 0. The highest BCUT2D eigenvalue weighted by atomic mass is 35.5. The molecule has 2 rings (SSSR count). The van der Waals surface area contributed by atoms with Crippen LogP contribution in [0.2, 0.25) is 0 Å². The third-order valence-corrected chi connectivity index (χ3v) is 1.93. The van der Waals surface area contributed by atoms with Gasteiger partial charge in [0.1, 0.15) is 0 Å². The Bertz CT molecular complexity index is 155. The molecule has 0 atom stereocenters. The van der Waals surface area contributed by atoms with Gasteiger partial charge in [0.15, 0.2) is 5.79 Å². The molecule has 12 heavy (non-hydrogen) atoms. The first-order valence-electron chi connectivity index (χ1n) is 3.81. The Hall–Kier alpha value is -0.320. The van der Waals surface area contributed by atoms with Gasteiger partial charge in [-0.2, -0.15) is 0 Å². The van der Waals surface area contributed by atoms with Gasteiger partial charge in [0, 0.05) is 24.4 Å². The van der Waals surface area contributed by atoms with Crippen molar-refractivity contribution in [2.75, 3.05) is 13.2 Å². The van der Waals surface area contributed by atoms with Gasteiger partial charge in [-0.25, -0.2) is 4.79 Å². The fourth-order valence-corrected chi connectivity index (χ4v) is 1.25. The van der Waals surface area contributed by atoms with Crippen molar-refractivity contribution in [2.45, 2.75) is 25.0 Å². The summed E-state index contributed by atoms with van der Waals surface area (Å²) in [5.74, 6) is -0.0833. The maximum absolute atomic E-state index is 8.77. The highest BCUT2D eigenvalue weighted by molar-refractivity contribution is 6.60. The summed E-state index contributed by atoms with van der Waals surface area (Å²) < 4.78 is 10.7. The summed E-state index contributed by atoms with van der Waals surface area (Å²) in [4.78, 5) is 8.77. The van der Waals surface area contributed by atoms with Crippen molar-refractivity contribution in [3.63, 3.8) is 0 Å². The second-order valence-corrected chi connectivity index (χ2v) is 3.04. The van der Waals surface area contributed by atoms with Crippen LogP contribution in [-0.2, 0) is 9.47 Å². The number of carbonyl (C=O) groups is 1. The van der Waals surface area contributed by atoms with E-state index in [0.29, 0.717) is 0 Å². The van der Waals surface area contributed by atoms with Crippen molar-refractivity contribution in [3.05, 3.63) is 0 Å². The molecule has 1 N–H and O–H groups in total. The Kier molecular flexibility index (Phi) is 3.31. The third-order valence-electron chi connectivity index (χ3n) is 1.93. The number of hydrogen-bond donors (Lipinski definition) is 1. The van der Waals surface area contributed by atoms with E-state index in [1.54, 1.807) is 0 Å². The molecule has 2 fully saturated rings. The molecule has 2 aliphatic rings. The SMILES string of the molecule is C1CC2(C1)OCCO2.O=C(O)Cl. The van der Waals surface area contributed by atoms with Crippen LogP contribution in [0.3, 0.4) is 0 Å². The summed E-state index contributed by atoms with van der Waals surface area (Å²) in [6.07, 6.45) is 3.51. The van der Waals surface area contributed by atoms with Gasteiger partial charge in [0.05, 0.1) is 13.2 Å². The monoisotopic (exact) mass is 194 g/mol. The molecule has 0 radical (unpaired) electrons. The lowest BCUT2D eigenvalue weighted by atomic mass is 9.92. The van der Waals surface area contributed by atoms with E-state index in [-0.39, 0.29) is 5.79 Å². The largest absolute Gasteiger partial charge is 0.469 e. The van der Waals surface area contributed by atoms with Crippen LogP contribution in [0.1, 0.15) is 19.3 Å². The topological polar surface area (TPSA) is 55.8 Å². The maximum Gasteiger partial charge on any atom is 0.401 e. The average molecular weight is 195 g/mol. The van der Waals surface area contributed by atoms with E-state index in [2.05, 4.69) is 11.6 Å². The molecule has 4 nitrogen and oxygen atoms in total. The molecule has 0 amide bonds. The first kappa shape index (κ1) is 9.77. The van der Waals surface area contributed by atoms with E-state index >= 15 is 0 Å². The summed E-state index contributed by atoms with van der Waals surface area (Å²) in [5.41, 5.74) is -1.36. The van der Waals surface area contributed by atoms with Crippen LogP contribution in [0.4, 0.5) is 4.79 Å². The molecule has 1 saturated carbocycles. The minimum Gasteiger partial charge on any atom is -0.469 e. The second-order valence-electron chi connectivity index (χ2n) is 2.71. The molecule has 0 bridgehead atoms. The molecule has 1 saturated heterocycles. The van der Waals surface area contributed by atoms with Crippen LogP contribution in [0.25, 0.3) is 0 Å². The molecule has 1 heterocycles. The Balaban J connectivity index is 0.000000157. The summed E-state index contributed by atoms with van der Waals surface area (Å²) in [6, 6.07) is 0. The molecule has 1 aliphatic heterocycles. The predicted octanol–water partition coefficient (Wildman–Crippen LogP) is 1.82. The van der Waals surface area contributed by atoms with Gasteiger partial charge in [-0.15, -0.1) is 0 Å². The van der Waals surface area contributed by atoms with Crippen LogP contribution in [0.5, 0.6) is 0 Å². The van der Waals surface area contributed by atoms with Gasteiger partial charge in [-0.1, -0.05) is 0 Å². The van der Waals surface area contributed by atoms with Gasteiger partial charge in [0.25, 0.3) is 0 Å². The summed E-state index contributed by atoms with van der Waals surface area (Å²) in [5, 5.41) is 7.18. The molecule has 0 unspecified atom stereocenters. The molecule has 1 spiro atoms. The number of carboxylic acid groups (broad SMARTS) is 1. The fraction of sp³-hybridized carbons (Fsp3) is 0.857. The van der Waals surface area contributed by atoms with Gasteiger partial charge < -0.3 is 14.6 Å². The molecule has 0 aromatic rings. The summed E-state index contributed by atoms with van der Waals surface area (Å²) in [6.45, 7) is 1.61. The van der Waals surface area contributed by atoms with E-state index in [0.717, 1.165) is 26.1 Å². The van der Waals surface area contributed by atoms with E-state index in [1.165, 1.54) is 6.42 Å². The molecule has 0 aromatic heterocycles. The zero-order chi connectivity index (χ0) is 9.03. The van der Waals surface area contributed by atoms with Crippen molar-refractivity contribution in [1.82, 2.24) is 0 Å². The van der Waals surface area contributed by atoms with Gasteiger partial charge in [-0.05, 0) is 6.42 Å². The lowest BCUT2D eigenvalue weighted by Crippen LogP contribution is -2.37. The van der Waals surface area contributed by atoms with Gasteiger partial charge in [0.2, 0.25) is 0 Å². The smallest absolute Gasteiger partial charge is 0.401 e. The van der Waals surface area contributed by atoms with Crippen LogP contribution >= 0.6 is 11.6 Å². The van der Waals surface area contributed by atoms with Crippen molar-refractivity contribution < 1.29 is 19.4 Å². The normalized spacial score (nSPS) is 24.1. The first-order valence-corrected chi connectivity index (χ1v) is 4.19. The Labute approximate surface area is 75.4 Å². The van der Waals surface area contributed by atoms with Crippen molar-refractivity contribution in [2.24, 2.45) is 0 Å².